The van der Waals surface area contributed by atoms with Gasteiger partial charge in [0.25, 0.3) is 6.43 Å². The van der Waals surface area contributed by atoms with Crippen LogP contribution in [0.25, 0.3) is 0 Å². The lowest BCUT2D eigenvalue weighted by atomic mass is 10.1. The van der Waals surface area contributed by atoms with Gasteiger partial charge in [-0.05, 0) is 6.07 Å². The lowest BCUT2D eigenvalue weighted by molar-refractivity contribution is 0.146. The normalized spacial score (nSPS) is 10.2. The number of anilines is 1. The number of nitrogen functional groups attached to an aromatic ring is 1. The van der Waals surface area contributed by atoms with Gasteiger partial charge in [-0.15, -0.1) is 11.6 Å². The summed E-state index contributed by atoms with van der Waals surface area (Å²) >= 11 is 5.45. The van der Waals surface area contributed by atoms with Crippen LogP contribution in [0.15, 0.2) is 6.07 Å². The van der Waals surface area contributed by atoms with Crippen LogP contribution in [0.2, 0.25) is 0 Å². The summed E-state index contributed by atoms with van der Waals surface area (Å²) in [5, 5.41) is 8.64. The van der Waals surface area contributed by atoms with Crippen LogP contribution in [0.4, 0.5) is 14.5 Å². The van der Waals surface area contributed by atoms with Gasteiger partial charge < -0.3 is 5.73 Å². The second-order valence-corrected chi connectivity index (χ2v) is 2.77. The van der Waals surface area contributed by atoms with Crippen LogP contribution in [-0.4, -0.2) is 4.98 Å². The maximum atomic E-state index is 12.3. The number of hydrogen-bond donors (Lipinski definition) is 1. The fourth-order valence-electron chi connectivity index (χ4n) is 0.980. The van der Waals surface area contributed by atoms with Crippen LogP contribution >= 0.6 is 11.6 Å². The average Bonchev–Trinajstić information content (AvgIpc) is 2.16. The summed E-state index contributed by atoms with van der Waals surface area (Å²) < 4.78 is 24.5. The second kappa shape index (κ2) is 4.20. The van der Waals surface area contributed by atoms with Gasteiger partial charge in [0.1, 0.15) is 11.8 Å². The zero-order valence-electron chi connectivity index (χ0n) is 6.97. The zero-order chi connectivity index (χ0) is 10.7. The third-order valence-corrected chi connectivity index (χ3v) is 1.86. The number of halogens is 3. The summed E-state index contributed by atoms with van der Waals surface area (Å²) in [7, 11) is 0. The summed E-state index contributed by atoms with van der Waals surface area (Å²) in [5.74, 6) is -0.117. The first kappa shape index (κ1) is 10.7. The maximum Gasteiger partial charge on any atom is 0.280 e. The number of aromatic nitrogens is 1. The third-order valence-electron chi connectivity index (χ3n) is 1.61. The molecule has 0 spiro atoms. The Balaban J connectivity index is 3.33. The van der Waals surface area contributed by atoms with E-state index in [1.807, 2.05) is 0 Å². The Kier molecular flexibility index (Phi) is 3.20. The summed E-state index contributed by atoms with van der Waals surface area (Å²) in [6, 6.07) is 2.75. The summed E-state index contributed by atoms with van der Waals surface area (Å²) in [4.78, 5) is 3.54. The van der Waals surface area contributed by atoms with Crippen molar-refractivity contribution in [3.05, 3.63) is 23.0 Å². The average molecular weight is 218 g/mol. The number of alkyl halides is 3. The molecular weight excluding hydrogens is 212 g/mol. The highest BCUT2D eigenvalue weighted by Crippen LogP contribution is 2.23. The van der Waals surface area contributed by atoms with Gasteiger partial charge in [-0.25, -0.2) is 13.8 Å². The van der Waals surface area contributed by atoms with Crippen molar-refractivity contribution in [3.63, 3.8) is 0 Å². The molecule has 0 bridgehead atoms. The third kappa shape index (κ3) is 1.91. The Morgan fingerprint density at radius 1 is 1.64 bits per heavy atom. The molecule has 1 rings (SSSR count). The lowest BCUT2D eigenvalue weighted by Crippen LogP contribution is -2.02. The fraction of sp³-hybridized carbons (Fsp3) is 0.250. The van der Waals surface area contributed by atoms with Crippen molar-refractivity contribution in [1.82, 2.24) is 4.98 Å². The van der Waals surface area contributed by atoms with Gasteiger partial charge in [0.2, 0.25) is 0 Å². The summed E-state index contributed by atoms with van der Waals surface area (Å²) in [5.41, 5.74) is 5.06. The molecule has 0 aliphatic rings. The Morgan fingerprint density at radius 2 is 2.29 bits per heavy atom. The number of nitrogens with two attached hydrogens (primary N) is 1. The van der Waals surface area contributed by atoms with Crippen molar-refractivity contribution >= 4 is 17.3 Å². The first-order chi connectivity index (χ1) is 6.60. The largest absolute Gasteiger partial charge is 0.398 e. The van der Waals surface area contributed by atoms with Crippen molar-refractivity contribution < 1.29 is 8.78 Å². The molecule has 0 aliphatic carbocycles. The minimum absolute atomic E-state index is 0.0200. The molecule has 0 aromatic carbocycles. The first-order valence-electron chi connectivity index (χ1n) is 3.63. The van der Waals surface area contributed by atoms with Gasteiger partial charge in [-0.3, -0.25) is 0 Å². The molecular formula is C8H6ClF2N3. The van der Waals surface area contributed by atoms with E-state index >= 15 is 0 Å². The van der Waals surface area contributed by atoms with E-state index in [0.717, 1.165) is 6.07 Å². The number of hydrogen-bond acceptors (Lipinski definition) is 3. The minimum atomic E-state index is -2.72. The standard InChI is InChI=1S/C8H6ClF2N3/c9-2-7-4(3-12)5(13)1-6(14-7)8(10)11/h1,8H,2H2,(H2,13,14). The van der Waals surface area contributed by atoms with E-state index in [4.69, 9.17) is 22.6 Å². The minimum Gasteiger partial charge on any atom is -0.398 e. The molecule has 1 aromatic rings. The Bertz CT molecular complexity index is 387. The molecule has 3 nitrogen and oxygen atoms in total. The Labute approximate surface area is 84.1 Å². The van der Waals surface area contributed by atoms with Crippen LogP contribution < -0.4 is 5.73 Å². The molecule has 0 aliphatic heterocycles. The van der Waals surface area contributed by atoms with Crippen molar-refractivity contribution in [3.8, 4) is 6.07 Å². The number of rotatable bonds is 2. The Morgan fingerprint density at radius 3 is 2.71 bits per heavy atom. The summed E-state index contributed by atoms with van der Waals surface area (Å²) in [6.07, 6.45) is -2.72. The van der Waals surface area contributed by atoms with Gasteiger partial charge in [0.05, 0.1) is 22.8 Å². The van der Waals surface area contributed by atoms with E-state index in [0.29, 0.717) is 0 Å². The number of nitrogens with zero attached hydrogens (tertiary/aromatic N) is 2. The fourth-order valence-corrected chi connectivity index (χ4v) is 1.17. The van der Waals surface area contributed by atoms with Gasteiger partial charge in [0.15, 0.2) is 0 Å². The molecule has 14 heavy (non-hydrogen) atoms. The van der Waals surface area contributed by atoms with E-state index in [9.17, 15) is 8.78 Å². The predicted molar refractivity (Wildman–Crippen MR) is 47.9 cm³/mol. The van der Waals surface area contributed by atoms with Crippen LogP contribution in [0, 0.1) is 11.3 Å². The highest BCUT2D eigenvalue weighted by atomic mass is 35.5. The van der Waals surface area contributed by atoms with E-state index in [1.54, 1.807) is 6.07 Å². The van der Waals surface area contributed by atoms with Crippen LogP contribution in [-0.2, 0) is 5.88 Å². The predicted octanol–water partition coefficient (Wildman–Crippen LogP) is 2.21. The molecule has 0 saturated heterocycles. The van der Waals surface area contributed by atoms with Crippen molar-refractivity contribution in [1.29, 1.82) is 5.26 Å². The summed E-state index contributed by atoms with van der Waals surface area (Å²) in [6.45, 7) is 0. The molecule has 0 fully saturated rings. The Hall–Kier alpha value is -1.41. The highest BCUT2D eigenvalue weighted by Gasteiger charge is 2.15. The number of pyridine rings is 1. The molecule has 6 heteroatoms. The lowest BCUT2D eigenvalue weighted by Gasteiger charge is -2.06. The van der Waals surface area contributed by atoms with Crippen molar-refractivity contribution in [2.75, 3.05) is 5.73 Å². The van der Waals surface area contributed by atoms with E-state index in [-0.39, 0.29) is 22.8 Å². The smallest absolute Gasteiger partial charge is 0.280 e. The monoisotopic (exact) mass is 217 g/mol. The topological polar surface area (TPSA) is 62.7 Å². The molecule has 0 atom stereocenters. The highest BCUT2D eigenvalue weighted by molar-refractivity contribution is 6.17. The van der Waals surface area contributed by atoms with Gasteiger partial charge in [0, 0.05) is 0 Å². The number of nitriles is 1. The van der Waals surface area contributed by atoms with Crippen LogP contribution in [0.1, 0.15) is 23.4 Å². The molecule has 74 valence electrons. The van der Waals surface area contributed by atoms with Crippen molar-refractivity contribution in [2.24, 2.45) is 0 Å². The SMILES string of the molecule is N#Cc1c(N)cc(C(F)F)nc1CCl. The second-order valence-electron chi connectivity index (χ2n) is 2.50. The first-order valence-corrected chi connectivity index (χ1v) is 4.17. The molecule has 2 N–H and O–H groups in total. The molecule has 1 aromatic heterocycles. The molecule has 0 radical (unpaired) electrons. The van der Waals surface area contributed by atoms with E-state index < -0.39 is 12.1 Å². The zero-order valence-corrected chi connectivity index (χ0v) is 7.72. The molecule has 0 unspecified atom stereocenters. The quantitative estimate of drug-likeness (QED) is 0.773. The van der Waals surface area contributed by atoms with Gasteiger partial charge in [-0.2, -0.15) is 5.26 Å². The van der Waals surface area contributed by atoms with Gasteiger partial charge >= 0.3 is 0 Å². The molecule has 0 saturated carbocycles. The van der Waals surface area contributed by atoms with Crippen molar-refractivity contribution in [2.45, 2.75) is 12.3 Å². The van der Waals surface area contributed by atoms with Gasteiger partial charge in [-0.1, -0.05) is 0 Å². The molecule has 1 heterocycles. The maximum absolute atomic E-state index is 12.3. The van der Waals surface area contributed by atoms with Crippen LogP contribution in [0.5, 0.6) is 0 Å². The van der Waals surface area contributed by atoms with E-state index in [2.05, 4.69) is 4.98 Å². The molecule has 0 amide bonds. The van der Waals surface area contributed by atoms with E-state index in [1.165, 1.54) is 0 Å². The van der Waals surface area contributed by atoms with Crippen LogP contribution in [0.3, 0.4) is 0 Å².